The fourth-order valence-electron chi connectivity index (χ4n) is 4.19. The van der Waals surface area contributed by atoms with Gasteiger partial charge in [-0.15, -0.1) is 0 Å². The van der Waals surface area contributed by atoms with Gasteiger partial charge in [-0.3, -0.25) is 9.59 Å². The van der Waals surface area contributed by atoms with E-state index in [0.717, 1.165) is 12.1 Å². The van der Waals surface area contributed by atoms with E-state index in [-0.39, 0.29) is 23.8 Å². The molecule has 1 N–H and O–H groups in total. The monoisotopic (exact) mass is 307 g/mol. The van der Waals surface area contributed by atoms with Crippen LogP contribution >= 0.6 is 0 Å². The summed E-state index contributed by atoms with van der Waals surface area (Å²) in [6, 6.07) is 3.26. The van der Waals surface area contributed by atoms with Crippen LogP contribution in [0, 0.1) is 27.9 Å². The van der Waals surface area contributed by atoms with Crippen LogP contribution in [0.5, 0.6) is 0 Å². The molecule has 2 saturated carbocycles. The van der Waals surface area contributed by atoms with Crippen molar-refractivity contribution in [2.45, 2.75) is 40.0 Å². The van der Waals surface area contributed by atoms with Crippen molar-refractivity contribution in [3.63, 3.8) is 0 Å². The molecular formula is C17H19F2NO2. The normalized spacial score (nSPS) is 32.3. The molecule has 0 unspecified atom stereocenters. The van der Waals surface area contributed by atoms with E-state index in [0.29, 0.717) is 12.8 Å². The molecule has 22 heavy (non-hydrogen) atoms. The van der Waals surface area contributed by atoms with E-state index in [4.69, 9.17) is 0 Å². The number of carbonyl (C=O) groups is 2. The van der Waals surface area contributed by atoms with Crippen LogP contribution in [-0.4, -0.2) is 11.7 Å². The predicted octanol–water partition coefficient (Wildman–Crippen LogP) is 3.69. The second-order valence-electron chi connectivity index (χ2n) is 7.22. The highest BCUT2D eigenvalue weighted by molar-refractivity contribution is 6.04. The summed E-state index contributed by atoms with van der Waals surface area (Å²) in [5.74, 6) is -2.13. The standard InChI is InChI=1S/C17H19F2NO2/c1-15(2)16(3)6-7-17(15,9-13(16)21)14(22)20-10-4-5-11(18)12(19)8-10/h4-5,8H,6-7,9H2,1-3H3,(H,20,22)/t16-,17-/m1/s1. The van der Waals surface area contributed by atoms with Crippen molar-refractivity contribution < 1.29 is 18.4 Å². The van der Waals surface area contributed by atoms with Crippen LogP contribution in [0.3, 0.4) is 0 Å². The summed E-state index contributed by atoms with van der Waals surface area (Å²) in [4.78, 5) is 25.2. The minimum Gasteiger partial charge on any atom is -0.325 e. The van der Waals surface area contributed by atoms with E-state index in [2.05, 4.69) is 5.32 Å². The number of hydrogen-bond donors (Lipinski definition) is 1. The lowest BCUT2D eigenvalue weighted by Crippen LogP contribution is -2.43. The average molecular weight is 307 g/mol. The Hall–Kier alpha value is -1.78. The molecule has 2 aliphatic carbocycles. The Kier molecular flexibility index (Phi) is 3.00. The molecule has 1 aromatic carbocycles. The van der Waals surface area contributed by atoms with Crippen LogP contribution in [0.25, 0.3) is 0 Å². The van der Waals surface area contributed by atoms with E-state index in [9.17, 15) is 18.4 Å². The summed E-state index contributed by atoms with van der Waals surface area (Å²) in [6.45, 7) is 5.83. The van der Waals surface area contributed by atoms with Crippen LogP contribution in [0.2, 0.25) is 0 Å². The Balaban J connectivity index is 1.92. The first-order valence-electron chi connectivity index (χ1n) is 7.44. The first-order chi connectivity index (χ1) is 10.1. The fraction of sp³-hybridized carbons (Fsp3) is 0.529. The largest absolute Gasteiger partial charge is 0.325 e. The van der Waals surface area contributed by atoms with Gasteiger partial charge in [-0.1, -0.05) is 20.8 Å². The lowest BCUT2D eigenvalue weighted by Gasteiger charge is -2.38. The smallest absolute Gasteiger partial charge is 0.231 e. The Morgan fingerprint density at radius 1 is 1.14 bits per heavy atom. The molecule has 5 heteroatoms. The Labute approximate surface area is 128 Å². The van der Waals surface area contributed by atoms with Crippen molar-refractivity contribution in [2.75, 3.05) is 5.32 Å². The number of hydrogen-bond acceptors (Lipinski definition) is 2. The highest BCUT2D eigenvalue weighted by Crippen LogP contribution is 2.70. The molecule has 3 rings (SSSR count). The first-order valence-corrected chi connectivity index (χ1v) is 7.44. The second-order valence-corrected chi connectivity index (χ2v) is 7.22. The Morgan fingerprint density at radius 2 is 1.82 bits per heavy atom. The van der Waals surface area contributed by atoms with Gasteiger partial charge in [-0.25, -0.2) is 8.78 Å². The molecule has 2 fully saturated rings. The third-order valence-electron chi connectivity index (χ3n) is 6.32. The van der Waals surface area contributed by atoms with Crippen LogP contribution in [0.4, 0.5) is 14.5 Å². The summed E-state index contributed by atoms with van der Waals surface area (Å²) < 4.78 is 26.3. The maximum Gasteiger partial charge on any atom is 0.231 e. The van der Waals surface area contributed by atoms with Gasteiger partial charge in [0.2, 0.25) is 5.91 Å². The van der Waals surface area contributed by atoms with E-state index < -0.39 is 27.9 Å². The number of halogens is 2. The molecule has 0 saturated heterocycles. The number of rotatable bonds is 2. The first kappa shape index (κ1) is 15.1. The fourth-order valence-corrected chi connectivity index (χ4v) is 4.19. The number of amides is 1. The van der Waals surface area contributed by atoms with Crippen LogP contribution in [0.15, 0.2) is 18.2 Å². The third-order valence-corrected chi connectivity index (χ3v) is 6.32. The Bertz CT molecular complexity index is 685. The molecule has 0 spiro atoms. The molecule has 1 aromatic rings. The van der Waals surface area contributed by atoms with Gasteiger partial charge in [0.1, 0.15) is 5.78 Å². The quantitative estimate of drug-likeness (QED) is 0.905. The molecule has 2 bridgehead atoms. The topological polar surface area (TPSA) is 46.2 Å². The van der Waals surface area contributed by atoms with Gasteiger partial charge in [-0.2, -0.15) is 0 Å². The van der Waals surface area contributed by atoms with Crippen molar-refractivity contribution in [1.29, 1.82) is 0 Å². The number of fused-ring (bicyclic) bond motifs is 2. The number of carbonyl (C=O) groups excluding carboxylic acids is 2. The van der Waals surface area contributed by atoms with E-state index in [1.165, 1.54) is 6.07 Å². The molecule has 2 aliphatic rings. The van der Waals surface area contributed by atoms with Gasteiger partial charge >= 0.3 is 0 Å². The third kappa shape index (κ3) is 1.65. The zero-order chi connectivity index (χ0) is 16.3. The van der Waals surface area contributed by atoms with Gasteiger partial charge in [0.05, 0.1) is 5.41 Å². The number of ketones is 1. The van der Waals surface area contributed by atoms with Crippen LogP contribution in [0.1, 0.15) is 40.0 Å². The highest BCUT2D eigenvalue weighted by atomic mass is 19.2. The molecule has 0 radical (unpaired) electrons. The van der Waals surface area contributed by atoms with E-state index >= 15 is 0 Å². The van der Waals surface area contributed by atoms with Gasteiger partial charge in [0.15, 0.2) is 11.6 Å². The number of anilines is 1. The lowest BCUT2D eigenvalue weighted by atomic mass is 9.64. The maximum absolute atomic E-state index is 13.3. The number of benzene rings is 1. The van der Waals surface area contributed by atoms with Crippen molar-refractivity contribution in [3.8, 4) is 0 Å². The molecule has 0 aromatic heterocycles. The highest BCUT2D eigenvalue weighted by Gasteiger charge is 2.72. The second kappa shape index (κ2) is 4.37. The summed E-state index contributed by atoms with van der Waals surface area (Å²) in [5.41, 5.74) is -1.51. The molecule has 0 aliphatic heterocycles. The lowest BCUT2D eigenvalue weighted by molar-refractivity contribution is -0.131. The molecular weight excluding hydrogens is 288 g/mol. The summed E-state index contributed by atoms with van der Waals surface area (Å²) in [5, 5.41) is 2.67. The van der Waals surface area contributed by atoms with Crippen molar-refractivity contribution in [3.05, 3.63) is 29.8 Å². The van der Waals surface area contributed by atoms with Gasteiger partial charge in [0, 0.05) is 23.6 Å². The maximum atomic E-state index is 13.3. The van der Waals surface area contributed by atoms with Gasteiger partial charge in [0.25, 0.3) is 0 Å². The van der Waals surface area contributed by atoms with Crippen molar-refractivity contribution in [1.82, 2.24) is 0 Å². The minimum atomic E-state index is -1.01. The zero-order valence-corrected chi connectivity index (χ0v) is 12.9. The summed E-state index contributed by atoms with van der Waals surface area (Å²) in [7, 11) is 0. The molecule has 118 valence electrons. The molecule has 3 nitrogen and oxygen atoms in total. The SMILES string of the molecule is CC1(C)[C@]2(C(=O)Nc3ccc(F)c(F)c3)CC[C@]1(C)C(=O)C2. The number of Topliss-reactive ketones (excluding diaryl/α,β-unsaturated/α-hetero) is 1. The number of nitrogens with one attached hydrogen (secondary N) is 1. The average Bonchev–Trinajstić information content (AvgIpc) is 2.73. The molecule has 0 heterocycles. The minimum absolute atomic E-state index is 0.115. The predicted molar refractivity (Wildman–Crippen MR) is 78.2 cm³/mol. The van der Waals surface area contributed by atoms with Gasteiger partial charge < -0.3 is 5.32 Å². The van der Waals surface area contributed by atoms with Gasteiger partial charge in [-0.05, 0) is 30.4 Å². The van der Waals surface area contributed by atoms with Crippen LogP contribution < -0.4 is 5.32 Å². The zero-order valence-electron chi connectivity index (χ0n) is 12.9. The summed E-state index contributed by atoms with van der Waals surface area (Å²) >= 11 is 0. The Morgan fingerprint density at radius 3 is 2.32 bits per heavy atom. The van der Waals surface area contributed by atoms with Crippen molar-refractivity contribution in [2.24, 2.45) is 16.2 Å². The van der Waals surface area contributed by atoms with E-state index in [1.54, 1.807) is 0 Å². The summed E-state index contributed by atoms with van der Waals surface area (Å²) in [6.07, 6.45) is 1.54. The van der Waals surface area contributed by atoms with Crippen molar-refractivity contribution >= 4 is 17.4 Å². The molecule has 2 atom stereocenters. The van der Waals surface area contributed by atoms with E-state index in [1.807, 2.05) is 20.8 Å². The van der Waals surface area contributed by atoms with Crippen LogP contribution in [-0.2, 0) is 9.59 Å². The molecule has 1 amide bonds.